The molecule has 7 heteroatoms. The van der Waals surface area contributed by atoms with Crippen molar-refractivity contribution in [3.8, 4) is 11.3 Å². The van der Waals surface area contributed by atoms with Gasteiger partial charge >= 0.3 is 0 Å². The minimum absolute atomic E-state index is 0.352. The highest BCUT2D eigenvalue weighted by molar-refractivity contribution is 7.09. The fraction of sp³-hybridized carbons (Fsp3) is 0.238. The van der Waals surface area contributed by atoms with Crippen LogP contribution in [0.3, 0.4) is 0 Å². The maximum Gasteiger partial charge on any atom is 0.279 e. The first kappa shape index (κ1) is 20.8. The molecule has 0 aliphatic heterocycles. The Morgan fingerprint density at radius 2 is 1.82 bits per heavy atom. The summed E-state index contributed by atoms with van der Waals surface area (Å²) in [7, 11) is 0. The average Bonchev–Trinajstić information content (AvgIpc) is 3.01. The van der Waals surface area contributed by atoms with Gasteiger partial charge in [0.15, 0.2) is 4.80 Å². The number of aromatic nitrogens is 1. The Bertz CT molecular complexity index is 1070. The lowest BCUT2D eigenvalue weighted by molar-refractivity contribution is 0.0998. The number of rotatable bonds is 5. The van der Waals surface area contributed by atoms with Gasteiger partial charge in [-0.05, 0) is 49.7 Å². The van der Waals surface area contributed by atoms with Crippen LogP contribution in [0.2, 0.25) is 10.0 Å². The van der Waals surface area contributed by atoms with E-state index in [9.17, 15) is 9.18 Å². The predicted molar refractivity (Wildman–Crippen MR) is 114 cm³/mol. The van der Waals surface area contributed by atoms with Crippen LogP contribution in [-0.4, -0.2) is 10.5 Å². The van der Waals surface area contributed by atoms with Crippen molar-refractivity contribution < 1.29 is 9.18 Å². The number of nitrogens with zero attached hydrogens (tertiary/aromatic N) is 2. The van der Waals surface area contributed by atoms with Crippen molar-refractivity contribution >= 4 is 40.4 Å². The van der Waals surface area contributed by atoms with E-state index in [1.54, 1.807) is 6.07 Å². The van der Waals surface area contributed by atoms with Crippen LogP contribution in [0.5, 0.6) is 0 Å². The summed E-state index contributed by atoms with van der Waals surface area (Å²) < 4.78 is 15.1. The molecule has 3 nitrogen and oxygen atoms in total. The van der Waals surface area contributed by atoms with Crippen molar-refractivity contribution in [3.63, 3.8) is 0 Å². The van der Waals surface area contributed by atoms with Crippen LogP contribution in [0.1, 0.15) is 35.5 Å². The minimum Gasteiger partial charge on any atom is -0.316 e. The summed E-state index contributed by atoms with van der Waals surface area (Å²) in [5, 5.41) is 0.980. The monoisotopic (exact) mass is 436 g/mol. The summed E-state index contributed by atoms with van der Waals surface area (Å²) in [6, 6.07) is 10.9. The maximum absolute atomic E-state index is 13.1. The molecular weight excluding hydrogens is 418 g/mol. The third-order valence-corrected chi connectivity index (χ3v) is 6.13. The molecule has 0 radical (unpaired) electrons. The summed E-state index contributed by atoms with van der Waals surface area (Å²) in [6.45, 7) is 4.76. The van der Waals surface area contributed by atoms with Crippen LogP contribution in [0.4, 0.5) is 4.39 Å². The zero-order valence-electron chi connectivity index (χ0n) is 15.5. The molecular formula is C21H19Cl2FN2OS. The van der Waals surface area contributed by atoms with Crippen molar-refractivity contribution in [1.29, 1.82) is 0 Å². The van der Waals surface area contributed by atoms with Gasteiger partial charge in [0.2, 0.25) is 0 Å². The van der Waals surface area contributed by atoms with Gasteiger partial charge < -0.3 is 4.57 Å². The molecule has 0 atom stereocenters. The standard InChI is InChI=1S/C21H19Cl2FN2OS/c1-3-5-18-19(14-8-11-16(22)17(23)12-14)26(4-2)21(28-18)25-20(27)13-6-9-15(24)10-7-13/h6-12H,3-5H2,1-2H3. The highest BCUT2D eigenvalue weighted by Crippen LogP contribution is 2.32. The summed E-state index contributed by atoms with van der Waals surface area (Å²) in [5.41, 5.74) is 2.29. The minimum atomic E-state index is -0.396. The molecule has 0 bridgehead atoms. The first-order valence-corrected chi connectivity index (χ1v) is 10.5. The molecule has 0 aliphatic carbocycles. The topological polar surface area (TPSA) is 34.4 Å². The molecule has 1 amide bonds. The summed E-state index contributed by atoms with van der Waals surface area (Å²) in [5.74, 6) is -0.782. The second-order valence-electron chi connectivity index (χ2n) is 6.20. The van der Waals surface area contributed by atoms with E-state index in [1.807, 2.05) is 23.6 Å². The highest BCUT2D eigenvalue weighted by atomic mass is 35.5. The van der Waals surface area contributed by atoms with Gasteiger partial charge in [0.25, 0.3) is 5.91 Å². The van der Waals surface area contributed by atoms with Gasteiger partial charge in [0.1, 0.15) is 5.82 Å². The summed E-state index contributed by atoms with van der Waals surface area (Å²) in [6.07, 6.45) is 1.82. The largest absolute Gasteiger partial charge is 0.316 e. The SMILES string of the molecule is CCCc1sc(=NC(=O)c2ccc(F)cc2)n(CC)c1-c1ccc(Cl)c(Cl)c1. The van der Waals surface area contributed by atoms with Gasteiger partial charge in [0.05, 0.1) is 15.7 Å². The quantitative estimate of drug-likeness (QED) is 0.456. The van der Waals surface area contributed by atoms with Crippen molar-refractivity contribution in [2.75, 3.05) is 0 Å². The van der Waals surface area contributed by atoms with Gasteiger partial charge in [-0.15, -0.1) is 11.3 Å². The zero-order valence-corrected chi connectivity index (χ0v) is 17.8. The molecule has 1 aromatic heterocycles. The van der Waals surface area contributed by atoms with Crippen molar-refractivity contribution in [3.05, 3.63) is 73.6 Å². The molecule has 0 unspecified atom stereocenters. The van der Waals surface area contributed by atoms with Crippen LogP contribution in [0, 0.1) is 5.82 Å². The first-order chi connectivity index (χ1) is 13.4. The maximum atomic E-state index is 13.1. The lowest BCUT2D eigenvalue weighted by Crippen LogP contribution is -2.17. The van der Waals surface area contributed by atoms with Crippen molar-refractivity contribution in [1.82, 2.24) is 4.57 Å². The molecule has 0 spiro atoms. The molecule has 0 N–H and O–H groups in total. The van der Waals surface area contributed by atoms with Crippen LogP contribution in [0.25, 0.3) is 11.3 Å². The number of amides is 1. The van der Waals surface area contributed by atoms with E-state index in [4.69, 9.17) is 23.2 Å². The molecule has 146 valence electrons. The van der Waals surface area contributed by atoms with E-state index in [-0.39, 0.29) is 5.82 Å². The van der Waals surface area contributed by atoms with E-state index in [0.717, 1.165) is 29.0 Å². The molecule has 3 aromatic rings. The van der Waals surface area contributed by atoms with E-state index in [1.165, 1.54) is 35.6 Å². The molecule has 1 heterocycles. The number of thiazole rings is 1. The summed E-state index contributed by atoms with van der Waals surface area (Å²) >= 11 is 13.8. The second kappa shape index (κ2) is 9.03. The third-order valence-electron chi connectivity index (χ3n) is 4.25. The fourth-order valence-corrected chi connectivity index (χ4v) is 4.55. The Kier molecular flexibility index (Phi) is 6.70. The van der Waals surface area contributed by atoms with Crippen LogP contribution in [-0.2, 0) is 13.0 Å². The van der Waals surface area contributed by atoms with Crippen LogP contribution >= 0.6 is 34.5 Å². The van der Waals surface area contributed by atoms with Gasteiger partial charge in [-0.3, -0.25) is 4.79 Å². The molecule has 3 rings (SSSR count). The van der Waals surface area contributed by atoms with Crippen LogP contribution < -0.4 is 4.80 Å². The zero-order chi connectivity index (χ0) is 20.3. The number of carbonyl (C=O) groups excluding carboxylic acids is 1. The van der Waals surface area contributed by atoms with Crippen molar-refractivity contribution in [2.24, 2.45) is 4.99 Å². The van der Waals surface area contributed by atoms with Gasteiger partial charge in [0, 0.05) is 22.5 Å². The molecule has 0 saturated carbocycles. The number of aryl methyl sites for hydroxylation is 1. The van der Waals surface area contributed by atoms with E-state index in [0.29, 0.717) is 27.0 Å². The first-order valence-electron chi connectivity index (χ1n) is 8.97. The second-order valence-corrected chi connectivity index (χ2v) is 8.08. The van der Waals surface area contributed by atoms with Gasteiger partial charge in [-0.1, -0.05) is 42.6 Å². The Morgan fingerprint density at radius 3 is 2.43 bits per heavy atom. The molecule has 2 aromatic carbocycles. The van der Waals surface area contributed by atoms with Crippen molar-refractivity contribution in [2.45, 2.75) is 33.2 Å². The Hall–Kier alpha value is -1.95. The third kappa shape index (κ3) is 4.37. The summed E-state index contributed by atoms with van der Waals surface area (Å²) in [4.78, 5) is 18.6. The number of benzene rings is 2. The lowest BCUT2D eigenvalue weighted by Gasteiger charge is -2.10. The number of carbonyl (C=O) groups is 1. The van der Waals surface area contributed by atoms with E-state index >= 15 is 0 Å². The van der Waals surface area contributed by atoms with Crippen LogP contribution in [0.15, 0.2) is 47.5 Å². The highest BCUT2D eigenvalue weighted by Gasteiger charge is 2.16. The average molecular weight is 437 g/mol. The number of hydrogen-bond acceptors (Lipinski definition) is 2. The predicted octanol–water partition coefficient (Wildman–Crippen LogP) is 6.38. The van der Waals surface area contributed by atoms with E-state index < -0.39 is 5.91 Å². The van der Waals surface area contributed by atoms with Gasteiger partial charge in [-0.2, -0.15) is 4.99 Å². The van der Waals surface area contributed by atoms with E-state index in [2.05, 4.69) is 11.9 Å². The Labute approximate surface area is 177 Å². The lowest BCUT2D eigenvalue weighted by atomic mass is 10.1. The molecule has 28 heavy (non-hydrogen) atoms. The normalized spacial score (nSPS) is 11.8. The van der Waals surface area contributed by atoms with Gasteiger partial charge in [-0.25, -0.2) is 4.39 Å². The Balaban J connectivity index is 2.15. The molecule has 0 saturated heterocycles. The fourth-order valence-electron chi connectivity index (χ4n) is 2.94. The number of hydrogen-bond donors (Lipinski definition) is 0. The molecule has 0 fully saturated rings. The Morgan fingerprint density at radius 1 is 1.11 bits per heavy atom. The number of halogens is 3. The smallest absolute Gasteiger partial charge is 0.279 e. The molecule has 0 aliphatic rings.